The third-order valence-electron chi connectivity index (χ3n) is 2.46. The van der Waals surface area contributed by atoms with Gasteiger partial charge in [-0.05, 0) is 36.4 Å². The van der Waals surface area contributed by atoms with Gasteiger partial charge >= 0.3 is 6.03 Å². The van der Waals surface area contributed by atoms with E-state index in [1.807, 2.05) is 18.2 Å². The molecule has 0 aliphatic heterocycles. The second kappa shape index (κ2) is 6.95. The van der Waals surface area contributed by atoms with Gasteiger partial charge in [0.2, 0.25) is 0 Å². The van der Waals surface area contributed by atoms with Crippen LogP contribution in [0.5, 0.6) is 0 Å². The molecule has 0 aliphatic carbocycles. The van der Waals surface area contributed by atoms with Gasteiger partial charge in [0.15, 0.2) is 0 Å². The monoisotopic (exact) mass is 282 g/mol. The number of benzene rings is 2. The highest BCUT2D eigenvalue weighted by Crippen LogP contribution is 2.17. The second-order valence-corrected chi connectivity index (χ2v) is 4.21. The van der Waals surface area contributed by atoms with E-state index in [0.717, 1.165) is 0 Å². The number of urea groups is 1. The van der Waals surface area contributed by atoms with Gasteiger partial charge in [0.05, 0.1) is 5.69 Å². The lowest BCUT2D eigenvalue weighted by Crippen LogP contribution is -2.19. The van der Waals surface area contributed by atoms with Crippen molar-refractivity contribution in [1.82, 2.24) is 0 Å². The van der Waals surface area contributed by atoms with Crippen molar-refractivity contribution >= 4 is 29.0 Å². The van der Waals surface area contributed by atoms with Crippen LogP contribution in [-0.2, 0) is 4.79 Å². The Morgan fingerprint density at radius 3 is 2.00 bits per heavy atom. The molecule has 2 N–H and O–H groups in total. The zero-order valence-electron chi connectivity index (χ0n) is 11.4. The minimum absolute atomic E-state index is 0.334. The third-order valence-corrected chi connectivity index (χ3v) is 2.46. The summed E-state index contributed by atoms with van der Waals surface area (Å²) >= 11 is 0. The molecular formula is C15H14N4O2. The highest BCUT2D eigenvalue weighted by Gasteiger charge is 2.02. The molecule has 0 bridgehead atoms. The van der Waals surface area contributed by atoms with Crippen LogP contribution in [0.3, 0.4) is 0 Å². The van der Waals surface area contributed by atoms with Crippen molar-refractivity contribution in [3.05, 3.63) is 54.6 Å². The molecule has 2 rings (SSSR count). The van der Waals surface area contributed by atoms with Crippen LogP contribution in [0.2, 0.25) is 0 Å². The first-order chi connectivity index (χ1) is 10.1. The van der Waals surface area contributed by atoms with E-state index in [9.17, 15) is 9.59 Å². The fourth-order valence-corrected chi connectivity index (χ4v) is 1.55. The molecule has 6 heteroatoms. The summed E-state index contributed by atoms with van der Waals surface area (Å²) in [5, 5.41) is 12.6. The SMILES string of the molecule is CC(=O)N=Nc1ccc(NC(=O)Nc2ccccc2)cc1. The van der Waals surface area contributed by atoms with Crippen molar-refractivity contribution in [2.75, 3.05) is 10.6 Å². The van der Waals surface area contributed by atoms with E-state index < -0.39 is 0 Å². The molecule has 0 unspecified atom stereocenters. The van der Waals surface area contributed by atoms with E-state index in [4.69, 9.17) is 0 Å². The van der Waals surface area contributed by atoms with Crippen molar-refractivity contribution in [3.63, 3.8) is 0 Å². The number of hydrogen-bond acceptors (Lipinski definition) is 3. The third kappa shape index (κ3) is 4.87. The van der Waals surface area contributed by atoms with Gasteiger partial charge in [-0.1, -0.05) is 18.2 Å². The van der Waals surface area contributed by atoms with Crippen LogP contribution in [0, 0.1) is 0 Å². The number of nitrogens with one attached hydrogen (secondary N) is 2. The Morgan fingerprint density at radius 1 is 0.857 bits per heavy atom. The van der Waals surface area contributed by atoms with Gasteiger partial charge in [-0.2, -0.15) is 0 Å². The molecule has 21 heavy (non-hydrogen) atoms. The van der Waals surface area contributed by atoms with Crippen LogP contribution >= 0.6 is 0 Å². The van der Waals surface area contributed by atoms with Gasteiger partial charge in [-0.15, -0.1) is 10.2 Å². The summed E-state index contributed by atoms with van der Waals surface area (Å²) in [4.78, 5) is 22.5. The molecule has 0 fully saturated rings. The molecule has 0 heterocycles. The lowest BCUT2D eigenvalue weighted by atomic mass is 10.3. The van der Waals surface area contributed by atoms with Gasteiger partial charge in [0.1, 0.15) is 0 Å². The number of hydrogen-bond donors (Lipinski definition) is 2. The van der Waals surface area contributed by atoms with E-state index in [-0.39, 0.29) is 11.9 Å². The van der Waals surface area contributed by atoms with Crippen molar-refractivity contribution in [2.45, 2.75) is 6.92 Å². The molecular weight excluding hydrogens is 268 g/mol. The average Bonchev–Trinajstić information content (AvgIpc) is 2.47. The van der Waals surface area contributed by atoms with Gasteiger partial charge in [-0.3, -0.25) is 4.79 Å². The Morgan fingerprint density at radius 2 is 1.43 bits per heavy atom. The minimum Gasteiger partial charge on any atom is -0.308 e. The van der Waals surface area contributed by atoms with Gasteiger partial charge in [0.25, 0.3) is 5.91 Å². The number of carbonyl (C=O) groups is 2. The number of para-hydroxylation sites is 1. The normalized spacial score (nSPS) is 10.3. The highest BCUT2D eigenvalue weighted by molar-refractivity contribution is 5.99. The number of amides is 3. The Kier molecular flexibility index (Phi) is 4.76. The number of rotatable bonds is 3. The van der Waals surface area contributed by atoms with Gasteiger partial charge < -0.3 is 10.6 Å². The van der Waals surface area contributed by atoms with E-state index in [0.29, 0.717) is 17.1 Å². The number of nitrogens with zero attached hydrogens (tertiary/aromatic N) is 2. The fourth-order valence-electron chi connectivity index (χ4n) is 1.55. The zero-order valence-corrected chi connectivity index (χ0v) is 11.4. The first-order valence-corrected chi connectivity index (χ1v) is 6.29. The molecule has 0 spiro atoms. The Bertz CT molecular complexity index is 651. The van der Waals surface area contributed by atoms with E-state index in [2.05, 4.69) is 20.9 Å². The summed E-state index contributed by atoms with van der Waals surface area (Å²) in [6, 6.07) is 15.5. The molecule has 2 aromatic carbocycles. The molecule has 106 valence electrons. The zero-order chi connectivity index (χ0) is 15.1. The Hall–Kier alpha value is -3.02. The van der Waals surface area contributed by atoms with Crippen molar-refractivity contribution < 1.29 is 9.59 Å². The standard InChI is InChI=1S/C15H14N4O2/c1-11(20)18-19-14-9-7-13(8-10-14)17-15(21)16-12-5-3-2-4-6-12/h2-10H,1H3,(H2,16,17,21). The first kappa shape index (κ1) is 14.4. The largest absolute Gasteiger partial charge is 0.323 e. The molecule has 0 saturated carbocycles. The van der Waals surface area contributed by atoms with Gasteiger partial charge in [-0.25, -0.2) is 4.79 Å². The predicted molar refractivity (Wildman–Crippen MR) is 80.7 cm³/mol. The molecule has 6 nitrogen and oxygen atoms in total. The van der Waals surface area contributed by atoms with Crippen LogP contribution in [0.1, 0.15) is 6.92 Å². The molecule has 2 aromatic rings. The fraction of sp³-hybridized carbons (Fsp3) is 0.0667. The van der Waals surface area contributed by atoms with Gasteiger partial charge in [0, 0.05) is 18.3 Å². The summed E-state index contributed by atoms with van der Waals surface area (Å²) in [7, 11) is 0. The Balaban J connectivity index is 1.94. The number of anilines is 2. The summed E-state index contributed by atoms with van der Waals surface area (Å²) in [5.41, 5.74) is 1.87. The Labute approximate surface area is 121 Å². The smallest absolute Gasteiger partial charge is 0.308 e. The second-order valence-electron chi connectivity index (χ2n) is 4.21. The highest BCUT2D eigenvalue weighted by atomic mass is 16.2. The minimum atomic E-state index is -0.362. The van der Waals surface area contributed by atoms with Crippen LogP contribution in [0.15, 0.2) is 64.8 Å². The lowest BCUT2D eigenvalue weighted by molar-refractivity contribution is -0.116. The van der Waals surface area contributed by atoms with Crippen molar-refractivity contribution in [2.24, 2.45) is 10.2 Å². The molecule has 3 amide bonds. The summed E-state index contributed by atoms with van der Waals surface area (Å²) in [5.74, 6) is -0.362. The number of azo groups is 1. The van der Waals surface area contributed by atoms with E-state index >= 15 is 0 Å². The van der Waals surface area contributed by atoms with Crippen molar-refractivity contribution in [1.29, 1.82) is 0 Å². The summed E-state index contributed by atoms with van der Waals surface area (Å²) in [6.07, 6.45) is 0. The maximum Gasteiger partial charge on any atom is 0.323 e. The molecule has 0 radical (unpaired) electrons. The summed E-state index contributed by atoms with van der Waals surface area (Å²) in [6.45, 7) is 1.33. The first-order valence-electron chi connectivity index (χ1n) is 6.29. The molecule has 0 atom stereocenters. The van der Waals surface area contributed by atoms with Crippen LogP contribution in [0.4, 0.5) is 21.9 Å². The van der Waals surface area contributed by atoms with Crippen LogP contribution < -0.4 is 10.6 Å². The van der Waals surface area contributed by atoms with Crippen LogP contribution in [0.25, 0.3) is 0 Å². The predicted octanol–water partition coefficient (Wildman–Crippen LogP) is 3.96. The number of carbonyl (C=O) groups excluding carboxylic acids is 2. The lowest BCUT2D eigenvalue weighted by Gasteiger charge is -2.07. The quantitative estimate of drug-likeness (QED) is 0.835. The van der Waals surface area contributed by atoms with Crippen molar-refractivity contribution in [3.8, 4) is 0 Å². The molecule has 0 aliphatic rings. The maximum absolute atomic E-state index is 11.8. The molecule has 0 aromatic heterocycles. The average molecular weight is 282 g/mol. The van der Waals surface area contributed by atoms with Crippen LogP contribution in [-0.4, -0.2) is 11.9 Å². The topological polar surface area (TPSA) is 82.9 Å². The molecule has 0 saturated heterocycles. The van der Waals surface area contributed by atoms with E-state index in [1.54, 1.807) is 36.4 Å². The van der Waals surface area contributed by atoms with E-state index in [1.165, 1.54) is 6.92 Å². The maximum atomic E-state index is 11.8. The summed E-state index contributed by atoms with van der Waals surface area (Å²) < 4.78 is 0.